The maximum absolute atomic E-state index is 12.8. The standard InChI is InChI=1S/C22H24N8O/c1-2-28-9-11-29(12-10-28)22(31)16-3-5-18(6-4-16)27-20-21-25-15-26-30(21)19(14-24-20)17-7-8-23-13-17/h3-7,13-15H,2,8-12H2,1H3,(H,24,27). The maximum Gasteiger partial charge on any atom is 0.253 e. The van der Waals surface area contributed by atoms with Crippen molar-refractivity contribution in [1.82, 2.24) is 29.4 Å². The number of amides is 1. The minimum Gasteiger partial charge on any atom is -0.337 e. The Balaban J connectivity index is 1.32. The van der Waals surface area contributed by atoms with Crippen LogP contribution in [0.3, 0.4) is 0 Å². The number of nitrogens with one attached hydrogen (secondary N) is 1. The Morgan fingerprint density at radius 3 is 2.61 bits per heavy atom. The van der Waals surface area contributed by atoms with Crippen LogP contribution in [0.25, 0.3) is 11.2 Å². The third-order valence-electron chi connectivity index (χ3n) is 5.75. The Hall–Kier alpha value is -3.59. The van der Waals surface area contributed by atoms with E-state index in [-0.39, 0.29) is 5.91 Å². The van der Waals surface area contributed by atoms with Crippen LogP contribution < -0.4 is 5.32 Å². The van der Waals surface area contributed by atoms with Crippen molar-refractivity contribution >= 4 is 34.8 Å². The van der Waals surface area contributed by atoms with Gasteiger partial charge < -0.3 is 15.1 Å². The van der Waals surface area contributed by atoms with E-state index in [1.165, 1.54) is 6.33 Å². The number of aromatic nitrogens is 4. The summed E-state index contributed by atoms with van der Waals surface area (Å²) in [5.74, 6) is 0.683. The van der Waals surface area contributed by atoms with Crippen LogP contribution in [0, 0.1) is 0 Å². The van der Waals surface area contributed by atoms with Gasteiger partial charge in [-0.15, -0.1) is 0 Å². The van der Waals surface area contributed by atoms with Crippen LogP contribution in [0.2, 0.25) is 0 Å². The molecule has 9 nitrogen and oxygen atoms in total. The Kier molecular flexibility index (Phi) is 5.17. The quantitative estimate of drug-likeness (QED) is 0.685. The number of hydrogen-bond donors (Lipinski definition) is 1. The van der Waals surface area contributed by atoms with E-state index in [0.29, 0.717) is 23.6 Å². The van der Waals surface area contributed by atoms with Crippen molar-refractivity contribution in [2.75, 3.05) is 44.6 Å². The van der Waals surface area contributed by atoms with E-state index in [1.54, 1.807) is 10.7 Å². The second-order valence-electron chi connectivity index (χ2n) is 7.57. The first-order valence-electron chi connectivity index (χ1n) is 10.5. The summed E-state index contributed by atoms with van der Waals surface area (Å²) in [5.41, 5.74) is 3.99. The molecule has 1 amide bonds. The molecule has 1 fully saturated rings. The second kappa shape index (κ2) is 8.27. The summed E-state index contributed by atoms with van der Waals surface area (Å²) in [6.07, 6.45) is 7.13. The molecule has 1 saturated heterocycles. The lowest BCUT2D eigenvalue weighted by Gasteiger charge is -2.34. The van der Waals surface area contributed by atoms with Crippen LogP contribution in [-0.4, -0.2) is 80.8 Å². The highest BCUT2D eigenvalue weighted by molar-refractivity contribution is 6.11. The fraction of sp³-hybridized carbons (Fsp3) is 0.318. The molecule has 9 heteroatoms. The largest absolute Gasteiger partial charge is 0.337 e. The van der Waals surface area contributed by atoms with Crippen LogP contribution in [0.15, 0.2) is 47.9 Å². The van der Waals surface area contributed by atoms with Gasteiger partial charge in [0.05, 0.1) is 18.4 Å². The van der Waals surface area contributed by atoms with Crippen LogP contribution in [0.4, 0.5) is 11.5 Å². The third-order valence-corrected chi connectivity index (χ3v) is 5.75. The molecule has 2 aliphatic heterocycles. The summed E-state index contributed by atoms with van der Waals surface area (Å²) in [6.45, 7) is 7.26. The van der Waals surface area contributed by atoms with E-state index < -0.39 is 0 Å². The van der Waals surface area contributed by atoms with Gasteiger partial charge in [-0.25, -0.2) is 14.5 Å². The van der Waals surface area contributed by atoms with E-state index in [1.807, 2.05) is 41.5 Å². The number of carbonyl (C=O) groups excluding carboxylic acids is 1. The van der Waals surface area contributed by atoms with Crippen LogP contribution in [0.5, 0.6) is 0 Å². The molecule has 5 rings (SSSR count). The average molecular weight is 416 g/mol. The van der Waals surface area contributed by atoms with E-state index in [4.69, 9.17) is 0 Å². The zero-order valence-corrected chi connectivity index (χ0v) is 17.4. The Bertz CT molecular complexity index is 1160. The summed E-state index contributed by atoms with van der Waals surface area (Å²) >= 11 is 0. The fourth-order valence-electron chi connectivity index (χ4n) is 3.91. The highest BCUT2D eigenvalue weighted by atomic mass is 16.2. The topological polar surface area (TPSA) is 91.0 Å². The molecule has 0 bridgehead atoms. The van der Waals surface area contributed by atoms with Crippen molar-refractivity contribution in [3.05, 3.63) is 54.1 Å². The maximum atomic E-state index is 12.8. The van der Waals surface area contributed by atoms with Crippen LogP contribution in [-0.2, 0) is 0 Å². The third kappa shape index (κ3) is 3.79. The van der Waals surface area contributed by atoms with E-state index >= 15 is 0 Å². The van der Waals surface area contributed by atoms with Crippen molar-refractivity contribution in [2.45, 2.75) is 6.92 Å². The zero-order valence-electron chi connectivity index (χ0n) is 17.4. The Morgan fingerprint density at radius 2 is 1.90 bits per heavy atom. The second-order valence-corrected chi connectivity index (χ2v) is 7.57. The molecule has 0 saturated carbocycles. The summed E-state index contributed by atoms with van der Waals surface area (Å²) in [7, 11) is 0. The molecule has 2 aromatic heterocycles. The molecule has 1 aromatic carbocycles. The monoisotopic (exact) mass is 416 g/mol. The molecule has 0 aliphatic carbocycles. The van der Waals surface area contributed by atoms with Gasteiger partial charge in [0, 0.05) is 49.2 Å². The molecule has 0 unspecified atom stereocenters. The fourth-order valence-corrected chi connectivity index (χ4v) is 3.91. The van der Waals surface area contributed by atoms with E-state index in [0.717, 1.165) is 49.7 Å². The molecule has 31 heavy (non-hydrogen) atoms. The number of hydrogen-bond acceptors (Lipinski definition) is 7. The summed E-state index contributed by atoms with van der Waals surface area (Å²) in [5, 5.41) is 7.63. The van der Waals surface area contributed by atoms with E-state index in [9.17, 15) is 4.79 Å². The predicted molar refractivity (Wildman–Crippen MR) is 120 cm³/mol. The molecule has 3 aromatic rings. The number of anilines is 2. The van der Waals surface area contributed by atoms with Crippen LogP contribution >= 0.6 is 0 Å². The summed E-state index contributed by atoms with van der Waals surface area (Å²) in [6, 6.07) is 7.49. The van der Waals surface area contributed by atoms with Crippen molar-refractivity contribution in [1.29, 1.82) is 0 Å². The summed E-state index contributed by atoms with van der Waals surface area (Å²) in [4.78, 5) is 30.2. The van der Waals surface area contributed by atoms with Gasteiger partial charge in [0.1, 0.15) is 6.33 Å². The number of fused-ring (bicyclic) bond motifs is 1. The molecule has 158 valence electrons. The van der Waals surface area contributed by atoms with Gasteiger partial charge in [0.15, 0.2) is 11.5 Å². The number of nitrogens with zero attached hydrogens (tertiary/aromatic N) is 7. The van der Waals surface area contributed by atoms with Gasteiger partial charge in [-0.2, -0.15) is 5.10 Å². The number of piperazine rings is 1. The molecule has 0 radical (unpaired) electrons. The number of benzene rings is 1. The van der Waals surface area contributed by atoms with E-state index in [2.05, 4.69) is 37.2 Å². The molecule has 4 heterocycles. The first-order chi connectivity index (χ1) is 15.2. The number of likely N-dealkylation sites (N-methyl/N-ethyl adjacent to an activating group) is 1. The Labute approximate surface area is 180 Å². The molecule has 1 N–H and O–H groups in total. The van der Waals surface area contributed by atoms with Gasteiger partial charge >= 0.3 is 0 Å². The van der Waals surface area contributed by atoms with Gasteiger partial charge in [-0.3, -0.25) is 9.79 Å². The van der Waals surface area contributed by atoms with Crippen molar-refractivity contribution in [2.24, 2.45) is 4.99 Å². The minimum absolute atomic E-state index is 0.0798. The van der Waals surface area contributed by atoms with Crippen molar-refractivity contribution in [3.63, 3.8) is 0 Å². The number of allylic oxidation sites excluding steroid dienone is 1. The molecular weight excluding hydrogens is 392 g/mol. The van der Waals surface area contributed by atoms with Crippen molar-refractivity contribution in [3.8, 4) is 0 Å². The lowest BCUT2D eigenvalue weighted by atomic mass is 10.1. The molecule has 0 atom stereocenters. The first-order valence-corrected chi connectivity index (χ1v) is 10.5. The first kappa shape index (κ1) is 19.4. The highest BCUT2D eigenvalue weighted by Gasteiger charge is 2.21. The number of rotatable bonds is 5. The minimum atomic E-state index is 0.0798. The van der Waals surface area contributed by atoms with Gasteiger partial charge in [0.25, 0.3) is 5.91 Å². The zero-order chi connectivity index (χ0) is 21.2. The molecular formula is C22H24N8O. The summed E-state index contributed by atoms with van der Waals surface area (Å²) < 4.78 is 1.76. The highest BCUT2D eigenvalue weighted by Crippen LogP contribution is 2.23. The predicted octanol–water partition coefficient (Wildman–Crippen LogP) is 2.11. The Morgan fingerprint density at radius 1 is 1.10 bits per heavy atom. The average Bonchev–Trinajstić information content (AvgIpc) is 3.52. The normalized spacial score (nSPS) is 16.7. The van der Waals surface area contributed by atoms with Gasteiger partial charge in [-0.05, 0) is 30.8 Å². The van der Waals surface area contributed by atoms with Gasteiger partial charge in [-0.1, -0.05) is 13.0 Å². The van der Waals surface area contributed by atoms with Crippen molar-refractivity contribution < 1.29 is 4.79 Å². The molecule has 0 spiro atoms. The van der Waals surface area contributed by atoms with Gasteiger partial charge in [0.2, 0.25) is 0 Å². The smallest absolute Gasteiger partial charge is 0.253 e. The number of carbonyl (C=O) groups is 1. The number of aliphatic imine (C=N–C) groups is 1. The lowest BCUT2D eigenvalue weighted by molar-refractivity contribution is 0.0643. The molecule has 2 aliphatic rings. The van der Waals surface area contributed by atoms with Crippen LogP contribution in [0.1, 0.15) is 23.0 Å². The SMILES string of the molecule is CCN1CCN(C(=O)c2ccc(Nc3ncc(C4=CCN=C4)n4ncnc34)cc2)CC1. The lowest BCUT2D eigenvalue weighted by Crippen LogP contribution is -2.48.